The van der Waals surface area contributed by atoms with Crippen molar-refractivity contribution in [2.45, 2.75) is 20.3 Å². The molecule has 1 aliphatic heterocycles. The Bertz CT molecular complexity index is 763. The number of hydrogen-bond acceptors (Lipinski definition) is 6. The smallest absolute Gasteiger partial charge is 0.305 e. The maximum Gasteiger partial charge on any atom is 0.305 e. The number of carboxylic acid groups (broad SMARTS) is 1. The maximum absolute atomic E-state index is 12.7. The number of ether oxygens (including phenoxy) is 1. The quantitative estimate of drug-likeness (QED) is 0.532. The summed E-state index contributed by atoms with van der Waals surface area (Å²) < 4.78 is 5.27. The van der Waals surface area contributed by atoms with E-state index in [1.54, 1.807) is 0 Å². The Morgan fingerprint density at radius 3 is 2.70 bits per heavy atom. The highest BCUT2D eigenvalue weighted by Crippen LogP contribution is 2.35. The van der Waals surface area contributed by atoms with Gasteiger partial charge in [-0.05, 0) is 12.0 Å². The third-order valence-electron chi connectivity index (χ3n) is 3.92. The van der Waals surface area contributed by atoms with Gasteiger partial charge < -0.3 is 14.7 Å². The lowest BCUT2D eigenvalue weighted by atomic mass is 10.2. The number of non-ortho nitro benzene ring substituents is 1. The molecule has 0 fully saturated rings. The van der Waals surface area contributed by atoms with Crippen LogP contribution >= 0.6 is 0 Å². The second kappa shape index (κ2) is 8.47. The van der Waals surface area contributed by atoms with E-state index in [0.717, 1.165) is 4.90 Å². The van der Waals surface area contributed by atoms with Gasteiger partial charge in [-0.1, -0.05) is 13.8 Å². The molecule has 0 atom stereocenters. The standard InChI is InChI=1S/C17H21N3O7/c1-11(2)8-18(6-5-17(23)24)15(21)9-19-13-7-12(20(25)26)3-4-14(13)27-10-16(19)22/h3-4,7,11H,5-6,8-10H2,1-2H3,(H,23,24). The van der Waals surface area contributed by atoms with E-state index in [1.807, 2.05) is 13.8 Å². The SMILES string of the molecule is CC(C)CN(CCC(=O)O)C(=O)CN1C(=O)COc2ccc([N+](=O)[O-])cc21. The summed E-state index contributed by atoms with van der Waals surface area (Å²) >= 11 is 0. The number of nitro benzene ring substituents is 1. The molecule has 2 rings (SSSR count). The van der Waals surface area contributed by atoms with Crippen LogP contribution in [0.1, 0.15) is 20.3 Å². The molecule has 1 N–H and O–H groups in total. The van der Waals surface area contributed by atoms with Crippen LogP contribution in [0, 0.1) is 16.0 Å². The van der Waals surface area contributed by atoms with E-state index in [-0.39, 0.29) is 49.2 Å². The number of nitrogens with zero attached hydrogens (tertiary/aromatic N) is 3. The molecule has 0 spiro atoms. The van der Waals surface area contributed by atoms with Crippen molar-refractivity contribution in [3.8, 4) is 5.75 Å². The average Bonchev–Trinajstić information content (AvgIpc) is 2.59. The Hall–Kier alpha value is -3.17. The van der Waals surface area contributed by atoms with Gasteiger partial charge in [-0.2, -0.15) is 0 Å². The van der Waals surface area contributed by atoms with Gasteiger partial charge >= 0.3 is 5.97 Å². The first kappa shape index (κ1) is 20.1. The van der Waals surface area contributed by atoms with Crippen LogP contribution in [0.2, 0.25) is 0 Å². The second-order valence-electron chi connectivity index (χ2n) is 6.56. The van der Waals surface area contributed by atoms with E-state index in [2.05, 4.69) is 0 Å². The Balaban J connectivity index is 2.24. The monoisotopic (exact) mass is 379 g/mol. The number of carbonyl (C=O) groups is 3. The van der Waals surface area contributed by atoms with Crippen molar-refractivity contribution in [2.24, 2.45) is 5.92 Å². The predicted octanol–water partition coefficient (Wildman–Crippen LogP) is 1.28. The van der Waals surface area contributed by atoms with E-state index in [9.17, 15) is 24.5 Å². The van der Waals surface area contributed by atoms with Gasteiger partial charge in [0.1, 0.15) is 12.3 Å². The summed E-state index contributed by atoms with van der Waals surface area (Å²) in [6.07, 6.45) is -0.211. The highest BCUT2D eigenvalue weighted by atomic mass is 16.6. The molecule has 0 aliphatic carbocycles. The largest absolute Gasteiger partial charge is 0.482 e. The van der Waals surface area contributed by atoms with Crippen LogP contribution in [-0.4, -0.2) is 59.0 Å². The Morgan fingerprint density at radius 2 is 2.11 bits per heavy atom. The number of nitro groups is 1. The number of benzene rings is 1. The van der Waals surface area contributed by atoms with E-state index in [1.165, 1.54) is 23.1 Å². The molecule has 0 saturated carbocycles. The fourth-order valence-corrected chi connectivity index (χ4v) is 2.70. The topological polar surface area (TPSA) is 130 Å². The van der Waals surface area contributed by atoms with Crippen molar-refractivity contribution in [2.75, 3.05) is 31.1 Å². The zero-order chi connectivity index (χ0) is 20.1. The van der Waals surface area contributed by atoms with Gasteiger partial charge in [0.05, 0.1) is 17.0 Å². The lowest BCUT2D eigenvalue weighted by molar-refractivity contribution is -0.384. The van der Waals surface area contributed by atoms with Crippen LogP contribution in [0.4, 0.5) is 11.4 Å². The number of carboxylic acids is 1. The van der Waals surface area contributed by atoms with Crippen LogP contribution in [0.15, 0.2) is 18.2 Å². The maximum atomic E-state index is 12.7. The third-order valence-corrected chi connectivity index (χ3v) is 3.92. The molecule has 0 saturated heterocycles. The summed E-state index contributed by atoms with van der Waals surface area (Å²) in [4.78, 5) is 48.7. The van der Waals surface area contributed by atoms with Crippen LogP contribution in [0.3, 0.4) is 0 Å². The highest BCUT2D eigenvalue weighted by molar-refractivity contribution is 6.02. The molecule has 10 nitrogen and oxygen atoms in total. The molecule has 1 aromatic rings. The van der Waals surface area contributed by atoms with Crippen LogP contribution in [0.5, 0.6) is 5.75 Å². The van der Waals surface area contributed by atoms with Crippen LogP contribution in [-0.2, 0) is 14.4 Å². The minimum atomic E-state index is -1.03. The van der Waals surface area contributed by atoms with Gasteiger partial charge in [-0.25, -0.2) is 0 Å². The Kier molecular flexibility index (Phi) is 6.32. The molecule has 146 valence electrons. The van der Waals surface area contributed by atoms with E-state index >= 15 is 0 Å². The van der Waals surface area contributed by atoms with Gasteiger partial charge in [0.15, 0.2) is 6.61 Å². The molecule has 0 aromatic heterocycles. The Labute approximate surface area is 155 Å². The van der Waals surface area contributed by atoms with Crippen molar-refractivity contribution in [1.82, 2.24) is 4.90 Å². The minimum Gasteiger partial charge on any atom is -0.482 e. The van der Waals surface area contributed by atoms with Gasteiger partial charge in [-0.15, -0.1) is 0 Å². The van der Waals surface area contributed by atoms with Crippen LogP contribution in [0.25, 0.3) is 0 Å². The van der Waals surface area contributed by atoms with Crippen molar-refractivity contribution in [3.05, 3.63) is 28.3 Å². The second-order valence-corrected chi connectivity index (χ2v) is 6.56. The number of aliphatic carboxylic acids is 1. The first-order valence-corrected chi connectivity index (χ1v) is 8.40. The fourth-order valence-electron chi connectivity index (χ4n) is 2.70. The predicted molar refractivity (Wildman–Crippen MR) is 94.6 cm³/mol. The molecule has 1 heterocycles. The number of fused-ring (bicyclic) bond motifs is 1. The number of anilines is 1. The fraction of sp³-hybridized carbons (Fsp3) is 0.471. The lowest BCUT2D eigenvalue weighted by Gasteiger charge is -2.31. The molecule has 1 aliphatic rings. The molecule has 0 radical (unpaired) electrons. The zero-order valence-electron chi connectivity index (χ0n) is 15.1. The summed E-state index contributed by atoms with van der Waals surface area (Å²) in [5.41, 5.74) is -0.0778. The summed E-state index contributed by atoms with van der Waals surface area (Å²) in [6.45, 7) is 3.51. The number of hydrogen-bond donors (Lipinski definition) is 1. The normalized spacial score (nSPS) is 13.1. The molecule has 10 heteroatoms. The third kappa shape index (κ3) is 5.16. The molecular weight excluding hydrogens is 358 g/mol. The first-order valence-electron chi connectivity index (χ1n) is 8.40. The Morgan fingerprint density at radius 1 is 1.41 bits per heavy atom. The molecule has 27 heavy (non-hydrogen) atoms. The number of carbonyl (C=O) groups excluding carboxylic acids is 2. The lowest BCUT2D eigenvalue weighted by Crippen LogP contribution is -2.47. The molecule has 0 unspecified atom stereocenters. The van der Waals surface area contributed by atoms with Gasteiger partial charge in [-0.3, -0.25) is 29.4 Å². The van der Waals surface area contributed by atoms with Crippen molar-refractivity contribution >= 4 is 29.2 Å². The molecule has 1 aromatic carbocycles. The summed E-state index contributed by atoms with van der Waals surface area (Å²) in [6, 6.07) is 3.82. The molecule has 0 bridgehead atoms. The van der Waals surface area contributed by atoms with E-state index in [0.29, 0.717) is 6.54 Å². The van der Waals surface area contributed by atoms with E-state index < -0.39 is 22.7 Å². The molecule has 2 amide bonds. The first-order chi connectivity index (χ1) is 12.7. The number of amides is 2. The highest BCUT2D eigenvalue weighted by Gasteiger charge is 2.30. The van der Waals surface area contributed by atoms with Crippen molar-refractivity contribution in [1.29, 1.82) is 0 Å². The van der Waals surface area contributed by atoms with Gasteiger partial charge in [0.2, 0.25) is 5.91 Å². The summed E-state index contributed by atoms with van der Waals surface area (Å²) in [7, 11) is 0. The zero-order valence-corrected chi connectivity index (χ0v) is 15.1. The van der Waals surface area contributed by atoms with Crippen LogP contribution < -0.4 is 9.64 Å². The van der Waals surface area contributed by atoms with Crippen molar-refractivity contribution < 1.29 is 29.2 Å². The number of rotatable bonds is 8. The van der Waals surface area contributed by atoms with Crippen molar-refractivity contribution in [3.63, 3.8) is 0 Å². The summed E-state index contributed by atoms with van der Waals surface area (Å²) in [5, 5.41) is 19.9. The van der Waals surface area contributed by atoms with Gasteiger partial charge in [0.25, 0.3) is 11.6 Å². The average molecular weight is 379 g/mol. The minimum absolute atomic E-state index is 0.0205. The summed E-state index contributed by atoms with van der Waals surface area (Å²) in [5.74, 6) is -1.58. The van der Waals surface area contributed by atoms with E-state index in [4.69, 9.17) is 9.84 Å². The molecular formula is C17H21N3O7. The van der Waals surface area contributed by atoms with Gasteiger partial charge in [0, 0.05) is 25.2 Å².